The highest BCUT2D eigenvalue weighted by atomic mass is 19.1. The van der Waals surface area contributed by atoms with Crippen LogP contribution in [0.25, 0.3) is 11.0 Å². The van der Waals surface area contributed by atoms with Crippen molar-refractivity contribution in [2.45, 2.75) is 25.3 Å². The summed E-state index contributed by atoms with van der Waals surface area (Å²) in [6, 6.07) is 3.34. The van der Waals surface area contributed by atoms with Crippen molar-refractivity contribution in [3.63, 3.8) is 0 Å². The number of anilines is 1. The Balaban J connectivity index is 2.19. The van der Waals surface area contributed by atoms with Crippen LogP contribution in [0.4, 0.5) is 10.1 Å². The van der Waals surface area contributed by atoms with Gasteiger partial charge in [0.2, 0.25) is 0 Å². The van der Waals surface area contributed by atoms with Gasteiger partial charge in [0, 0.05) is 6.07 Å². The summed E-state index contributed by atoms with van der Waals surface area (Å²) in [4.78, 5) is 0. The van der Waals surface area contributed by atoms with E-state index in [9.17, 15) is 4.39 Å². The number of benzene rings is 1. The summed E-state index contributed by atoms with van der Waals surface area (Å²) in [5.41, 5.74) is 7.00. The van der Waals surface area contributed by atoms with E-state index in [1.165, 1.54) is 18.6 Å². The fourth-order valence-corrected chi connectivity index (χ4v) is 1.88. The molecule has 1 aliphatic rings. The van der Waals surface area contributed by atoms with Crippen molar-refractivity contribution in [3.8, 4) is 0 Å². The molecule has 0 spiro atoms. The van der Waals surface area contributed by atoms with Gasteiger partial charge in [-0.1, -0.05) is 5.21 Å². The second-order valence-corrected chi connectivity index (χ2v) is 3.98. The molecule has 1 saturated carbocycles. The minimum atomic E-state index is -0.398. The van der Waals surface area contributed by atoms with Crippen LogP contribution in [0, 0.1) is 5.82 Å². The highest BCUT2D eigenvalue weighted by molar-refractivity contribution is 5.78. The van der Waals surface area contributed by atoms with Crippen molar-refractivity contribution >= 4 is 16.7 Å². The summed E-state index contributed by atoms with van der Waals surface area (Å²) < 4.78 is 15.1. The van der Waals surface area contributed by atoms with Crippen LogP contribution in [0.1, 0.15) is 25.3 Å². The smallest absolute Gasteiger partial charge is 0.148 e. The summed E-state index contributed by atoms with van der Waals surface area (Å²) in [7, 11) is 0. The van der Waals surface area contributed by atoms with Crippen LogP contribution in [0.15, 0.2) is 12.1 Å². The van der Waals surface area contributed by atoms with E-state index in [1.54, 1.807) is 4.68 Å². The molecule has 15 heavy (non-hydrogen) atoms. The van der Waals surface area contributed by atoms with E-state index >= 15 is 0 Å². The van der Waals surface area contributed by atoms with E-state index < -0.39 is 5.82 Å². The Bertz CT molecular complexity index is 515. The standard InChI is InChI=1S/C10H11FN4/c11-7-4-10-9(5-8(7)12)13-14-15(10)6-2-1-3-6/h4-6H,1-3,12H2. The molecule has 78 valence electrons. The molecule has 2 N–H and O–H groups in total. The molecule has 0 unspecified atom stereocenters. The van der Waals surface area contributed by atoms with Crippen molar-refractivity contribution in [3.05, 3.63) is 17.9 Å². The van der Waals surface area contributed by atoms with Gasteiger partial charge >= 0.3 is 0 Å². The number of nitrogens with zero attached hydrogens (tertiary/aromatic N) is 3. The summed E-state index contributed by atoms with van der Waals surface area (Å²) in [5.74, 6) is -0.398. The summed E-state index contributed by atoms with van der Waals surface area (Å²) in [5, 5.41) is 8.03. The number of rotatable bonds is 1. The lowest BCUT2D eigenvalue weighted by Crippen LogP contribution is -2.18. The molecule has 0 atom stereocenters. The van der Waals surface area contributed by atoms with Crippen LogP contribution < -0.4 is 5.73 Å². The molecule has 2 aromatic rings. The van der Waals surface area contributed by atoms with Crippen molar-refractivity contribution < 1.29 is 4.39 Å². The number of fused-ring (bicyclic) bond motifs is 1. The SMILES string of the molecule is Nc1cc2nnn(C3CCC3)c2cc1F. The molecule has 0 amide bonds. The Hall–Kier alpha value is -1.65. The zero-order valence-corrected chi connectivity index (χ0v) is 8.15. The first-order valence-corrected chi connectivity index (χ1v) is 5.05. The zero-order valence-electron chi connectivity index (χ0n) is 8.15. The minimum absolute atomic E-state index is 0.128. The lowest BCUT2D eigenvalue weighted by molar-refractivity contribution is 0.292. The Kier molecular flexibility index (Phi) is 1.68. The van der Waals surface area contributed by atoms with Crippen LogP contribution >= 0.6 is 0 Å². The molecular formula is C10H11FN4. The lowest BCUT2D eigenvalue weighted by Gasteiger charge is -2.25. The Morgan fingerprint density at radius 3 is 2.87 bits per heavy atom. The fourth-order valence-electron chi connectivity index (χ4n) is 1.88. The topological polar surface area (TPSA) is 56.7 Å². The first-order chi connectivity index (χ1) is 7.25. The molecule has 3 rings (SSSR count). The quantitative estimate of drug-likeness (QED) is 0.725. The predicted molar refractivity (Wildman–Crippen MR) is 54.8 cm³/mol. The highest BCUT2D eigenvalue weighted by Gasteiger charge is 2.22. The highest BCUT2D eigenvalue weighted by Crippen LogP contribution is 2.33. The van der Waals surface area contributed by atoms with E-state index in [0.29, 0.717) is 11.6 Å². The van der Waals surface area contributed by atoms with Crippen LogP contribution in [-0.2, 0) is 0 Å². The number of nitrogens with two attached hydrogens (primary N) is 1. The second-order valence-electron chi connectivity index (χ2n) is 3.98. The fraction of sp³-hybridized carbons (Fsp3) is 0.400. The number of nitrogen functional groups attached to an aromatic ring is 1. The third kappa shape index (κ3) is 1.19. The molecule has 1 aromatic carbocycles. The largest absolute Gasteiger partial charge is 0.396 e. The van der Waals surface area contributed by atoms with Gasteiger partial charge in [0.05, 0.1) is 17.2 Å². The lowest BCUT2D eigenvalue weighted by atomic mass is 9.93. The second kappa shape index (κ2) is 2.92. The predicted octanol–water partition coefficient (Wildman–Crippen LogP) is 1.88. The number of aromatic nitrogens is 3. The summed E-state index contributed by atoms with van der Waals surface area (Å²) in [6.45, 7) is 0. The van der Waals surface area contributed by atoms with Crippen LogP contribution in [0.3, 0.4) is 0 Å². The molecule has 0 saturated heterocycles. The summed E-state index contributed by atoms with van der Waals surface area (Å²) in [6.07, 6.45) is 3.42. The molecule has 1 aliphatic carbocycles. The molecule has 4 nitrogen and oxygen atoms in total. The van der Waals surface area contributed by atoms with Crippen molar-refractivity contribution in [1.82, 2.24) is 15.0 Å². The van der Waals surface area contributed by atoms with Gasteiger partial charge in [0.25, 0.3) is 0 Å². The van der Waals surface area contributed by atoms with Crippen LogP contribution in [0.5, 0.6) is 0 Å². The normalized spacial score (nSPS) is 16.9. The maximum atomic E-state index is 13.3. The van der Waals surface area contributed by atoms with Gasteiger partial charge in [-0.15, -0.1) is 5.10 Å². The summed E-state index contributed by atoms with van der Waals surface area (Å²) >= 11 is 0. The van der Waals surface area contributed by atoms with Crippen molar-refractivity contribution in [2.75, 3.05) is 5.73 Å². The van der Waals surface area contributed by atoms with E-state index in [-0.39, 0.29) is 5.69 Å². The molecular weight excluding hydrogens is 195 g/mol. The molecule has 1 aromatic heterocycles. The monoisotopic (exact) mass is 206 g/mol. The number of halogens is 1. The molecule has 0 bridgehead atoms. The Morgan fingerprint density at radius 1 is 1.40 bits per heavy atom. The third-order valence-electron chi connectivity index (χ3n) is 3.01. The maximum absolute atomic E-state index is 13.3. The van der Waals surface area contributed by atoms with Gasteiger partial charge in [-0.05, 0) is 25.3 Å². The molecule has 1 heterocycles. The number of hydrogen-bond donors (Lipinski definition) is 1. The molecule has 0 radical (unpaired) electrons. The van der Waals surface area contributed by atoms with Gasteiger partial charge in [-0.3, -0.25) is 0 Å². The first kappa shape index (κ1) is 8.64. The van der Waals surface area contributed by atoms with E-state index in [2.05, 4.69) is 10.3 Å². The third-order valence-corrected chi connectivity index (χ3v) is 3.01. The van der Waals surface area contributed by atoms with Gasteiger partial charge in [0.15, 0.2) is 0 Å². The van der Waals surface area contributed by atoms with Crippen LogP contribution in [-0.4, -0.2) is 15.0 Å². The van der Waals surface area contributed by atoms with Gasteiger partial charge in [0.1, 0.15) is 11.3 Å². The Labute approximate surface area is 85.9 Å². The van der Waals surface area contributed by atoms with Gasteiger partial charge in [-0.25, -0.2) is 9.07 Å². The molecule has 1 fully saturated rings. The Morgan fingerprint density at radius 2 is 2.20 bits per heavy atom. The first-order valence-electron chi connectivity index (χ1n) is 5.05. The van der Waals surface area contributed by atoms with Gasteiger partial charge < -0.3 is 5.73 Å². The number of hydrogen-bond acceptors (Lipinski definition) is 3. The molecule has 0 aliphatic heterocycles. The van der Waals surface area contributed by atoms with E-state index in [4.69, 9.17) is 5.73 Å². The maximum Gasteiger partial charge on any atom is 0.148 e. The van der Waals surface area contributed by atoms with Gasteiger partial charge in [-0.2, -0.15) is 0 Å². The zero-order chi connectivity index (χ0) is 10.4. The van der Waals surface area contributed by atoms with E-state index in [1.807, 2.05) is 0 Å². The van der Waals surface area contributed by atoms with Crippen molar-refractivity contribution in [2.24, 2.45) is 0 Å². The average molecular weight is 206 g/mol. The average Bonchev–Trinajstić information content (AvgIpc) is 2.48. The minimum Gasteiger partial charge on any atom is -0.396 e. The van der Waals surface area contributed by atoms with Crippen LogP contribution in [0.2, 0.25) is 0 Å². The van der Waals surface area contributed by atoms with E-state index in [0.717, 1.165) is 18.4 Å². The van der Waals surface area contributed by atoms with Crippen molar-refractivity contribution in [1.29, 1.82) is 0 Å². The molecule has 5 heteroatoms.